The van der Waals surface area contributed by atoms with Gasteiger partial charge in [-0.15, -0.1) is 12.4 Å². The first kappa shape index (κ1) is 16.5. The number of carbonyl (C=O) groups is 1. The van der Waals surface area contributed by atoms with E-state index >= 15 is 0 Å². The van der Waals surface area contributed by atoms with E-state index in [0.717, 1.165) is 17.3 Å². The van der Waals surface area contributed by atoms with Crippen LogP contribution in [0.25, 0.3) is 0 Å². The molecule has 1 fully saturated rings. The molecule has 0 spiro atoms. The van der Waals surface area contributed by atoms with Gasteiger partial charge in [0.1, 0.15) is 0 Å². The van der Waals surface area contributed by atoms with E-state index in [0.29, 0.717) is 12.1 Å². The third-order valence-corrected chi connectivity index (χ3v) is 4.26. The molecule has 3 nitrogen and oxygen atoms in total. The lowest BCUT2D eigenvalue weighted by Gasteiger charge is -2.33. The Morgan fingerprint density at radius 3 is 2.53 bits per heavy atom. The fraction of sp³-hybridized carbons (Fsp3) is 0.500. The molecule has 2 rings (SSSR count). The van der Waals surface area contributed by atoms with E-state index < -0.39 is 0 Å². The molecule has 1 aliphatic rings. The van der Waals surface area contributed by atoms with E-state index in [-0.39, 0.29) is 23.9 Å². The Morgan fingerprint density at radius 1 is 1.26 bits per heavy atom. The predicted molar refractivity (Wildman–Crippen MR) is 83.7 cm³/mol. The van der Waals surface area contributed by atoms with Gasteiger partial charge in [-0.25, -0.2) is 0 Å². The fourth-order valence-electron chi connectivity index (χ4n) is 2.43. The highest BCUT2D eigenvalue weighted by molar-refractivity contribution is 9.10. The van der Waals surface area contributed by atoms with Crippen LogP contribution >= 0.6 is 28.3 Å². The van der Waals surface area contributed by atoms with Crippen LogP contribution in [0.2, 0.25) is 0 Å². The lowest BCUT2D eigenvalue weighted by molar-refractivity contribution is 0.0937. The molecule has 0 bridgehead atoms. The maximum absolute atomic E-state index is 12.1. The van der Waals surface area contributed by atoms with Gasteiger partial charge in [0.25, 0.3) is 5.91 Å². The Kier molecular flexibility index (Phi) is 6.30. The molecule has 0 aliphatic heterocycles. The van der Waals surface area contributed by atoms with Crippen molar-refractivity contribution in [2.75, 3.05) is 6.54 Å². The minimum absolute atomic E-state index is 0. The molecule has 1 aliphatic carbocycles. The zero-order chi connectivity index (χ0) is 13.0. The van der Waals surface area contributed by atoms with Crippen molar-refractivity contribution in [2.45, 2.75) is 37.6 Å². The molecule has 1 amide bonds. The van der Waals surface area contributed by atoms with Gasteiger partial charge in [-0.05, 0) is 40.9 Å². The SMILES string of the molecule is Cl.NC1(CNC(=O)c2ccccc2Br)CCCCC1. The normalized spacial score (nSPS) is 17.4. The molecule has 0 heterocycles. The summed E-state index contributed by atoms with van der Waals surface area (Å²) in [5.74, 6) is -0.0575. The highest BCUT2D eigenvalue weighted by Gasteiger charge is 2.27. The smallest absolute Gasteiger partial charge is 0.252 e. The summed E-state index contributed by atoms with van der Waals surface area (Å²) in [6, 6.07) is 7.43. The lowest BCUT2D eigenvalue weighted by Crippen LogP contribution is -2.51. The Morgan fingerprint density at radius 2 is 1.89 bits per heavy atom. The summed E-state index contributed by atoms with van der Waals surface area (Å²) < 4.78 is 0.817. The maximum Gasteiger partial charge on any atom is 0.252 e. The van der Waals surface area contributed by atoms with Crippen molar-refractivity contribution < 1.29 is 4.79 Å². The molecular weight excluding hydrogens is 328 g/mol. The molecule has 1 aromatic carbocycles. The molecule has 0 aromatic heterocycles. The summed E-state index contributed by atoms with van der Waals surface area (Å²) >= 11 is 3.38. The van der Waals surface area contributed by atoms with Crippen molar-refractivity contribution in [3.05, 3.63) is 34.3 Å². The first-order chi connectivity index (χ1) is 8.61. The minimum atomic E-state index is -0.213. The van der Waals surface area contributed by atoms with Crippen molar-refractivity contribution >= 4 is 34.2 Å². The van der Waals surface area contributed by atoms with Gasteiger partial charge in [-0.3, -0.25) is 4.79 Å². The Labute approximate surface area is 128 Å². The van der Waals surface area contributed by atoms with E-state index in [1.165, 1.54) is 19.3 Å². The molecule has 0 unspecified atom stereocenters. The van der Waals surface area contributed by atoms with Crippen LogP contribution in [-0.2, 0) is 0 Å². The van der Waals surface area contributed by atoms with Gasteiger partial charge < -0.3 is 11.1 Å². The minimum Gasteiger partial charge on any atom is -0.350 e. The second-order valence-electron chi connectivity index (χ2n) is 5.09. The third kappa shape index (κ3) is 4.48. The number of amides is 1. The van der Waals surface area contributed by atoms with Gasteiger partial charge in [0, 0.05) is 16.6 Å². The third-order valence-electron chi connectivity index (χ3n) is 3.57. The number of carbonyl (C=O) groups excluding carboxylic acids is 1. The average Bonchev–Trinajstić information content (AvgIpc) is 2.38. The van der Waals surface area contributed by atoms with Crippen molar-refractivity contribution in [1.82, 2.24) is 5.32 Å². The highest BCUT2D eigenvalue weighted by Crippen LogP contribution is 2.25. The molecule has 1 saturated carbocycles. The summed E-state index contributed by atoms with van der Waals surface area (Å²) in [6.07, 6.45) is 5.60. The molecule has 0 radical (unpaired) electrons. The van der Waals surface area contributed by atoms with Gasteiger partial charge in [-0.1, -0.05) is 31.4 Å². The Bertz CT molecular complexity index is 433. The van der Waals surface area contributed by atoms with E-state index in [1.54, 1.807) is 0 Å². The van der Waals surface area contributed by atoms with Crippen molar-refractivity contribution in [3.8, 4) is 0 Å². The monoisotopic (exact) mass is 346 g/mol. The van der Waals surface area contributed by atoms with Crippen molar-refractivity contribution in [2.24, 2.45) is 5.73 Å². The van der Waals surface area contributed by atoms with E-state index in [1.807, 2.05) is 24.3 Å². The predicted octanol–water partition coefficient (Wildman–Crippen LogP) is 3.26. The number of benzene rings is 1. The molecule has 3 N–H and O–H groups in total. The molecule has 106 valence electrons. The fourth-order valence-corrected chi connectivity index (χ4v) is 2.89. The quantitative estimate of drug-likeness (QED) is 0.881. The van der Waals surface area contributed by atoms with Crippen LogP contribution in [-0.4, -0.2) is 18.0 Å². The molecule has 5 heteroatoms. The van der Waals surface area contributed by atoms with Crippen LogP contribution in [0, 0.1) is 0 Å². The zero-order valence-corrected chi connectivity index (χ0v) is 13.2. The first-order valence-electron chi connectivity index (χ1n) is 6.42. The number of nitrogens with two attached hydrogens (primary N) is 1. The largest absolute Gasteiger partial charge is 0.350 e. The summed E-state index contributed by atoms with van der Waals surface area (Å²) in [4.78, 5) is 12.1. The second-order valence-corrected chi connectivity index (χ2v) is 5.94. The number of nitrogens with one attached hydrogen (secondary N) is 1. The Hall–Kier alpha value is -0.580. The average molecular weight is 348 g/mol. The number of hydrogen-bond donors (Lipinski definition) is 2. The molecule has 0 saturated heterocycles. The summed E-state index contributed by atoms with van der Waals surface area (Å²) in [5.41, 5.74) is 6.75. The van der Waals surface area contributed by atoms with Crippen molar-refractivity contribution in [3.63, 3.8) is 0 Å². The molecule has 1 aromatic rings. The number of rotatable bonds is 3. The Balaban J connectivity index is 0.00000180. The van der Waals surface area contributed by atoms with Crippen LogP contribution in [0.5, 0.6) is 0 Å². The highest BCUT2D eigenvalue weighted by atomic mass is 79.9. The van der Waals surface area contributed by atoms with Gasteiger partial charge in [0.05, 0.1) is 5.56 Å². The van der Waals surface area contributed by atoms with Crippen LogP contribution in [0.4, 0.5) is 0 Å². The molecule has 19 heavy (non-hydrogen) atoms. The van der Waals surface area contributed by atoms with Crippen LogP contribution < -0.4 is 11.1 Å². The van der Waals surface area contributed by atoms with Crippen molar-refractivity contribution in [1.29, 1.82) is 0 Å². The summed E-state index contributed by atoms with van der Waals surface area (Å²) in [5, 5.41) is 2.96. The summed E-state index contributed by atoms with van der Waals surface area (Å²) in [6.45, 7) is 0.563. The number of halogens is 2. The maximum atomic E-state index is 12.1. The van der Waals surface area contributed by atoms with Crippen LogP contribution in [0.15, 0.2) is 28.7 Å². The van der Waals surface area contributed by atoms with E-state index in [4.69, 9.17) is 5.73 Å². The van der Waals surface area contributed by atoms with Gasteiger partial charge >= 0.3 is 0 Å². The lowest BCUT2D eigenvalue weighted by atomic mass is 9.82. The molecular formula is C14H20BrClN2O. The standard InChI is InChI=1S/C14H19BrN2O.ClH/c15-12-7-3-2-6-11(12)13(18)17-10-14(16)8-4-1-5-9-14;/h2-3,6-7H,1,4-5,8-10,16H2,(H,17,18);1H. The second kappa shape index (κ2) is 7.27. The first-order valence-corrected chi connectivity index (χ1v) is 7.22. The van der Waals surface area contributed by atoms with E-state index in [9.17, 15) is 4.79 Å². The number of hydrogen-bond acceptors (Lipinski definition) is 2. The van der Waals surface area contributed by atoms with E-state index in [2.05, 4.69) is 21.2 Å². The zero-order valence-electron chi connectivity index (χ0n) is 10.8. The topological polar surface area (TPSA) is 55.1 Å². The van der Waals surface area contributed by atoms with Gasteiger partial charge in [0.2, 0.25) is 0 Å². The van der Waals surface area contributed by atoms with Gasteiger partial charge in [-0.2, -0.15) is 0 Å². The van der Waals surface area contributed by atoms with Gasteiger partial charge in [0.15, 0.2) is 0 Å². The molecule has 0 atom stereocenters. The van der Waals surface area contributed by atoms with Crippen LogP contribution in [0.1, 0.15) is 42.5 Å². The van der Waals surface area contributed by atoms with Crippen LogP contribution in [0.3, 0.4) is 0 Å². The summed E-state index contributed by atoms with van der Waals surface area (Å²) in [7, 11) is 0.